The molecular formula is C12H19N5. The molecule has 0 atom stereocenters. The number of nitrogens with zero attached hydrogens (tertiary/aromatic N) is 4. The van der Waals surface area contributed by atoms with Crippen LogP contribution >= 0.6 is 0 Å². The fraction of sp³-hybridized carbons (Fsp3) is 0.667. The average molecular weight is 233 g/mol. The molecule has 1 aliphatic rings. The summed E-state index contributed by atoms with van der Waals surface area (Å²) in [6.07, 6.45) is 3.59. The molecule has 0 spiro atoms. The first kappa shape index (κ1) is 11.8. The van der Waals surface area contributed by atoms with Crippen LogP contribution in [0.5, 0.6) is 0 Å². The zero-order chi connectivity index (χ0) is 12.4. The van der Waals surface area contributed by atoms with E-state index in [1.165, 1.54) is 19.3 Å². The van der Waals surface area contributed by atoms with Gasteiger partial charge in [-0.15, -0.1) is 0 Å². The largest absolute Gasteiger partial charge is 0.383 e. The van der Waals surface area contributed by atoms with Gasteiger partial charge in [0.2, 0.25) is 0 Å². The van der Waals surface area contributed by atoms with E-state index < -0.39 is 0 Å². The minimum Gasteiger partial charge on any atom is -0.383 e. The van der Waals surface area contributed by atoms with Crippen LogP contribution in [0.4, 0.5) is 11.6 Å². The highest BCUT2D eigenvalue weighted by atomic mass is 15.4. The predicted molar refractivity (Wildman–Crippen MR) is 67.8 cm³/mol. The lowest BCUT2D eigenvalue weighted by atomic mass is 10.1. The van der Waals surface area contributed by atoms with Gasteiger partial charge in [-0.1, -0.05) is 0 Å². The summed E-state index contributed by atoms with van der Waals surface area (Å²) in [5, 5.41) is 13.7. The SMILES string of the molecule is CC(C)n1nc(N2CCCCC2)c(C#N)c1N. The summed E-state index contributed by atoms with van der Waals surface area (Å²) in [7, 11) is 0. The fourth-order valence-electron chi connectivity index (χ4n) is 2.26. The van der Waals surface area contributed by atoms with Gasteiger partial charge in [-0.2, -0.15) is 10.4 Å². The Bertz CT molecular complexity index is 434. The van der Waals surface area contributed by atoms with Gasteiger partial charge in [-0.25, -0.2) is 4.68 Å². The standard InChI is InChI=1S/C12H19N5/c1-9(2)17-11(14)10(8-13)12(15-17)16-6-4-3-5-7-16/h9H,3-7,14H2,1-2H3. The van der Waals surface area contributed by atoms with Gasteiger partial charge < -0.3 is 10.6 Å². The fourth-order valence-corrected chi connectivity index (χ4v) is 2.26. The molecule has 1 saturated heterocycles. The van der Waals surface area contributed by atoms with Gasteiger partial charge in [0.25, 0.3) is 0 Å². The van der Waals surface area contributed by atoms with Crippen LogP contribution in [-0.2, 0) is 0 Å². The minimum absolute atomic E-state index is 0.181. The number of rotatable bonds is 2. The maximum Gasteiger partial charge on any atom is 0.170 e. The second-order valence-electron chi connectivity index (χ2n) is 4.78. The summed E-state index contributed by atoms with van der Waals surface area (Å²) in [6.45, 7) is 5.99. The molecule has 1 fully saturated rings. The summed E-state index contributed by atoms with van der Waals surface area (Å²) in [5.74, 6) is 1.25. The quantitative estimate of drug-likeness (QED) is 0.847. The Morgan fingerprint density at radius 3 is 2.47 bits per heavy atom. The number of hydrogen-bond acceptors (Lipinski definition) is 4. The number of aromatic nitrogens is 2. The van der Waals surface area contributed by atoms with E-state index in [9.17, 15) is 5.26 Å². The third-order valence-corrected chi connectivity index (χ3v) is 3.19. The van der Waals surface area contributed by atoms with Crippen molar-refractivity contribution in [1.29, 1.82) is 5.26 Å². The Morgan fingerprint density at radius 1 is 1.29 bits per heavy atom. The van der Waals surface area contributed by atoms with Crippen molar-refractivity contribution in [2.75, 3.05) is 23.7 Å². The predicted octanol–water partition coefficient (Wildman–Crippen LogP) is 1.91. The highest BCUT2D eigenvalue weighted by Gasteiger charge is 2.22. The Hall–Kier alpha value is -1.70. The van der Waals surface area contributed by atoms with Crippen LogP contribution in [0.15, 0.2) is 0 Å². The van der Waals surface area contributed by atoms with Crippen molar-refractivity contribution < 1.29 is 0 Å². The molecule has 0 amide bonds. The van der Waals surface area contributed by atoms with Gasteiger partial charge in [-0.05, 0) is 33.1 Å². The molecule has 2 rings (SSSR count). The van der Waals surface area contributed by atoms with Crippen molar-refractivity contribution in [2.45, 2.75) is 39.2 Å². The number of anilines is 2. The van der Waals surface area contributed by atoms with Gasteiger partial charge in [0.15, 0.2) is 5.82 Å². The Balaban J connectivity index is 2.39. The monoisotopic (exact) mass is 233 g/mol. The summed E-state index contributed by atoms with van der Waals surface area (Å²) in [6, 6.07) is 2.37. The van der Waals surface area contributed by atoms with E-state index in [0.717, 1.165) is 18.9 Å². The highest BCUT2D eigenvalue weighted by Crippen LogP contribution is 2.28. The minimum atomic E-state index is 0.181. The van der Waals surface area contributed by atoms with Crippen LogP contribution in [0.25, 0.3) is 0 Å². The molecule has 2 N–H and O–H groups in total. The van der Waals surface area contributed by atoms with Crippen LogP contribution in [0.2, 0.25) is 0 Å². The van der Waals surface area contributed by atoms with E-state index in [4.69, 9.17) is 5.73 Å². The van der Waals surface area contributed by atoms with Crippen LogP contribution in [-0.4, -0.2) is 22.9 Å². The van der Waals surface area contributed by atoms with Gasteiger partial charge in [0.1, 0.15) is 17.5 Å². The molecule has 92 valence electrons. The number of nitriles is 1. The van der Waals surface area contributed by atoms with Crippen molar-refractivity contribution in [1.82, 2.24) is 9.78 Å². The van der Waals surface area contributed by atoms with Crippen LogP contribution in [0.3, 0.4) is 0 Å². The Kier molecular flexibility index (Phi) is 3.23. The maximum absolute atomic E-state index is 9.22. The molecule has 5 nitrogen and oxygen atoms in total. The topological polar surface area (TPSA) is 70.9 Å². The van der Waals surface area contributed by atoms with E-state index in [0.29, 0.717) is 11.4 Å². The lowest BCUT2D eigenvalue weighted by molar-refractivity contribution is 0.528. The Morgan fingerprint density at radius 2 is 1.94 bits per heavy atom. The van der Waals surface area contributed by atoms with E-state index in [1.807, 2.05) is 13.8 Å². The first-order valence-corrected chi connectivity index (χ1v) is 6.18. The molecule has 0 saturated carbocycles. The van der Waals surface area contributed by atoms with Crippen molar-refractivity contribution >= 4 is 11.6 Å². The molecule has 17 heavy (non-hydrogen) atoms. The lowest BCUT2D eigenvalue weighted by Gasteiger charge is -2.26. The van der Waals surface area contributed by atoms with Gasteiger partial charge in [0.05, 0.1) is 0 Å². The first-order chi connectivity index (χ1) is 8.15. The van der Waals surface area contributed by atoms with Crippen LogP contribution in [0, 0.1) is 11.3 Å². The lowest BCUT2D eigenvalue weighted by Crippen LogP contribution is -2.30. The van der Waals surface area contributed by atoms with E-state index in [2.05, 4.69) is 16.1 Å². The normalized spacial score (nSPS) is 16.2. The van der Waals surface area contributed by atoms with Crippen molar-refractivity contribution in [3.8, 4) is 6.07 Å². The van der Waals surface area contributed by atoms with Crippen LogP contribution in [0.1, 0.15) is 44.7 Å². The highest BCUT2D eigenvalue weighted by molar-refractivity contribution is 5.65. The van der Waals surface area contributed by atoms with Gasteiger partial charge >= 0.3 is 0 Å². The van der Waals surface area contributed by atoms with E-state index in [1.54, 1.807) is 4.68 Å². The molecule has 0 aliphatic carbocycles. The van der Waals surface area contributed by atoms with Crippen molar-refractivity contribution in [3.63, 3.8) is 0 Å². The molecule has 1 aliphatic heterocycles. The van der Waals surface area contributed by atoms with E-state index in [-0.39, 0.29) is 6.04 Å². The molecule has 1 aromatic heterocycles. The van der Waals surface area contributed by atoms with Crippen molar-refractivity contribution in [3.05, 3.63) is 5.56 Å². The molecular weight excluding hydrogens is 214 g/mol. The number of nitrogen functional groups attached to an aromatic ring is 1. The summed E-state index contributed by atoms with van der Waals surface area (Å²) in [4.78, 5) is 2.18. The molecule has 0 unspecified atom stereocenters. The van der Waals surface area contributed by atoms with Crippen LogP contribution < -0.4 is 10.6 Å². The zero-order valence-corrected chi connectivity index (χ0v) is 10.5. The third kappa shape index (κ3) is 2.07. The van der Waals surface area contributed by atoms with Gasteiger partial charge in [-0.3, -0.25) is 0 Å². The number of piperidine rings is 1. The van der Waals surface area contributed by atoms with Crippen molar-refractivity contribution in [2.24, 2.45) is 0 Å². The number of hydrogen-bond donors (Lipinski definition) is 1. The summed E-state index contributed by atoms with van der Waals surface area (Å²) in [5.41, 5.74) is 6.50. The third-order valence-electron chi connectivity index (χ3n) is 3.19. The molecule has 2 heterocycles. The molecule has 0 aromatic carbocycles. The van der Waals surface area contributed by atoms with E-state index >= 15 is 0 Å². The second-order valence-corrected chi connectivity index (χ2v) is 4.78. The first-order valence-electron chi connectivity index (χ1n) is 6.18. The smallest absolute Gasteiger partial charge is 0.170 e. The second kappa shape index (κ2) is 4.66. The van der Waals surface area contributed by atoms with Gasteiger partial charge in [0, 0.05) is 19.1 Å². The summed E-state index contributed by atoms with van der Waals surface area (Å²) < 4.78 is 1.74. The maximum atomic E-state index is 9.22. The average Bonchev–Trinajstić information content (AvgIpc) is 2.67. The summed E-state index contributed by atoms with van der Waals surface area (Å²) >= 11 is 0. The molecule has 5 heteroatoms. The zero-order valence-electron chi connectivity index (χ0n) is 10.5. The number of nitrogens with two attached hydrogens (primary N) is 1. The molecule has 0 bridgehead atoms. The molecule has 1 aromatic rings. The molecule has 0 radical (unpaired) electrons. The Labute approximate surface area is 102 Å².